The Morgan fingerprint density at radius 3 is 2.64 bits per heavy atom. The summed E-state index contributed by atoms with van der Waals surface area (Å²) in [5.41, 5.74) is 1.80. The second-order valence-electron chi connectivity index (χ2n) is 7.83. The van der Waals surface area contributed by atoms with Crippen LogP contribution in [0.5, 0.6) is 11.5 Å². The first-order chi connectivity index (χ1) is 16.1. The van der Waals surface area contributed by atoms with Crippen molar-refractivity contribution in [2.75, 3.05) is 33.4 Å². The standard InChI is InChI=1S/C24H23ClN4O3S/c1-31-20-14-18(8-9-19(20)32-13-12-28-10-2-3-11-28)29-15-26-22-21(24(29)30)33-23(27-22)16-4-6-17(25)7-5-16/h4-9,14-15H,2-3,10-13H2,1H3. The van der Waals surface area contributed by atoms with Crippen molar-refractivity contribution in [3.05, 3.63) is 64.2 Å². The van der Waals surface area contributed by atoms with Crippen LogP contribution in [0.4, 0.5) is 0 Å². The van der Waals surface area contributed by atoms with Gasteiger partial charge in [-0.2, -0.15) is 0 Å². The Kier molecular flexibility index (Phi) is 6.30. The third-order valence-corrected chi connectivity index (χ3v) is 7.03. The summed E-state index contributed by atoms with van der Waals surface area (Å²) < 4.78 is 13.5. The monoisotopic (exact) mass is 482 g/mol. The summed E-state index contributed by atoms with van der Waals surface area (Å²) in [5.74, 6) is 1.23. The molecule has 2 aromatic heterocycles. The molecule has 9 heteroatoms. The molecule has 0 aliphatic carbocycles. The van der Waals surface area contributed by atoms with Gasteiger partial charge < -0.3 is 9.47 Å². The highest BCUT2D eigenvalue weighted by molar-refractivity contribution is 7.21. The number of thiazole rings is 1. The summed E-state index contributed by atoms with van der Waals surface area (Å²) >= 11 is 7.30. The maximum Gasteiger partial charge on any atom is 0.277 e. The number of rotatable bonds is 7. The Balaban J connectivity index is 1.41. The van der Waals surface area contributed by atoms with E-state index >= 15 is 0 Å². The van der Waals surface area contributed by atoms with Crippen molar-refractivity contribution in [1.29, 1.82) is 0 Å². The molecule has 4 aromatic rings. The van der Waals surface area contributed by atoms with E-state index in [4.69, 9.17) is 21.1 Å². The maximum absolute atomic E-state index is 13.2. The predicted molar refractivity (Wildman–Crippen MR) is 131 cm³/mol. The Labute approximate surface area is 200 Å². The summed E-state index contributed by atoms with van der Waals surface area (Å²) in [7, 11) is 1.60. The molecule has 0 atom stereocenters. The first-order valence-electron chi connectivity index (χ1n) is 10.8. The van der Waals surface area contributed by atoms with Gasteiger partial charge in [-0.25, -0.2) is 9.97 Å². The second-order valence-corrected chi connectivity index (χ2v) is 9.27. The smallest absolute Gasteiger partial charge is 0.277 e. The highest BCUT2D eigenvalue weighted by Gasteiger charge is 2.15. The van der Waals surface area contributed by atoms with E-state index in [1.807, 2.05) is 24.3 Å². The van der Waals surface area contributed by atoms with E-state index < -0.39 is 0 Å². The number of benzene rings is 2. The van der Waals surface area contributed by atoms with Crippen LogP contribution in [0.2, 0.25) is 5.02 Å². The van der Waals surface area contributed by atoms with Gasteiger partial charge in [0.2, 0.25) is 0 Å². The molecule has 0 radical (unpaired) electrons. The Morgan fingerprint density at radius 2 is 1.88 bits per heavy atom. The predicted octanol–water partition coefficient (Wildman–Crippen LogP) is 4.65. The number of hydrogen-bond acceptors (Lipinski definition) is 7. The Hall–Kier alpha value is -2.94. The van der Waals surface area contributed by atoms with Crippen LogP contribution < -0.4 is 15.0 Å². The van der Waals surface area contributed by atoms with E-state index in [0.717, 1.165) is 30.2 Å². The van der Waals surface area contributed by atoms with Crippen molar-refractivity contribution in [1.82, 2.24) is 19.4 Å². The zero-order valence-electron chi connectivity index (χ0n) is 18.2. The van der Waals surface area contributed by atoms with Crippen LogP contribution in [0.25, 0.3) is 26.6 Å². The Bertz CT molecular complexity index is 1330. The molecule has 1 aliphatic heterocycles. The van der Waals surface area contributed by atoms with Gasteiger partial charge in [0, 0.05) is 23.2 Å². The fourth-order valence-electron chi connectivity index (χ4n) is 3.93. The molecule has 0 saturated carbocycles. The summed E-state index contributed by atoms with van der Waals surface area (Å²) in [6, 6.07) is 12.8. The molecular weight excluding hydrogens is 460 g/mol. The molecule has 0 unspecified atom stereocenters. The summed E-state index contributed by atoms with van der Waals surface area (Å²) in [4.78, 5) is 24.6. The molecule has 1 saturated heterocycles. The lowest BCUT2D eigenvalue weighted by atomic mass is 10.2. The van der Waals surface area contributed by atoms with Crippen LogP contribution in [0, 0.1) is 0 Å². The molecule has 3 heterocycles. The van der Waals surface area contributed by atoms with Gasteiger partial charge in [-0.3, -0.25) is 14.3 Å². The molecule has 1 aliphatic rings. The number of fused-ring (bicyclic) bond motifs is 1. The van der Waals surface area contributed by atoms with Crippen molar-refractivity contribution in [3.8, 4) is 27.8 Å². The second kappa shape index (κ2) is 9.51. The molecule has 0 spiro atoms. The summed E-state index contributed by atoms with van der Waals surface area (Å²) in [6.07, 6.45) is 4.01. The molecule has 0 N–H and O–H groups in total. The normalized spacial score (nSPS) is 14.1. The average Bonchev–Trinajstić information content (AvgIpc) is 3.51. The van der Waals surface area contributed by atoms with E-state index in [9.17, 15) is 4.79 Å². The van der Waals surface area contributed by atoms with E-state index in [1.54, 1.807) is 25.3 Å². The summed E-state index contributed by atoms with van der Waals surface area (Å²) in [6.45, 7) is 3.76. The largest absolute Gasteiger partial charge is 0.493 e. The van der Waals surface area contributed by atoms with Crippen molar-refractivity contribution in [2.24, 2.45) is 0 Å². The third kappa shape index (κ3) is 4.59. The molecule has 33 heavy (non-hydrogen) atoms. The zero-order chi connectivity index (χ0) is 22.8. The molecule has 170 valence electrons. The van der Waals surface area contributed by atoms with Gasteiger partial charge >= 0.3 is 0 Å². The number of methoxy groups -OCH3 is 1. The van der Waals surface area contributed by atoms with Crippen LogP contribution in [0.15, 0.2) is 53.6 Å². The van der Waals surface area contributed by atoms with Gasteiger partial charge in [0.1, 0.15) is 22.6 Å². The lowest BCUT2D eigenvalue weighted by Gasteiger charge is -2.16. The minimum atomic E-state index is -0.178. The SMILES string of the molecule is COc1cc(-n2cnc3nc(-c4ccc(Cl)cc4)sc3c2=O)ccc1OCCN1CCCC1. The van der Waals surface area contributed by atoms with E-state index in [-0.39, 0.29) is 5.56 Å². The molecule has 5 rings (SSSR count). The van der Waals surface area contributed by atoms with Gasteiger partial charge in [0.05, 0.1) is 12.8 Å². The first kappa shape index (κ1) is 21.9. The van der Waals surface area contributed by atoms with Gasteiger partial charge in [0.15, 0.2) is 17.1 Å². The van der Waals surface area contributed by atoms with Crippen LogP contribution >= 0.6 is 22.9 Å². The van der Waals surface area contributed by atoms with Gasteiger partial charge in [-0.1, -0.05) is 23.7 Å². The van der Waals surface area contributed by atoms with Gasteiger partial charge in [-0.15, -0.1) is 11.3 Å². The lowest BCUT2D eigenvalue weighted by Crippen LogP contribution is -2.25. The number of nitrogens with zero attached hydrogens (tertiary/aromatic N) is 4. The summed E-state index contributed by atoms with van der Waals surface area (Å²) in [5, 5.41) is 1.38. The minimum Gasteiger partial charge on any atom is -0.493 e. The van der Waals surface area contributed by atoms with E-state index in [2.05, 4.69) is 14.9 Å². The van der Waals surface area contributed by atoms with Gasteiger partial charge in [0.25, 0.3) is 5.56 Å². The van der Waals surface area contributed by atoms with Crippen LogP contribution in [-0.4, -0.2) is 52.8 Å². The molecule has 2 aromatic carbocycles. The Morgan fingerprint density at radius 1 is 1.09 bits per heavy atom. The van der Waals surface area contributed by atoms with Crippen molar-refractivity contribution in [3.63, 3.8) is 0 Å². The molecule has 0 amide bonds. The fourth-order valence-corrected chi connectivity index (χ4v) is 5.01. The number of halogens is 1. The fraction of sp³-hybridized carbons (Fsp3) is 0.292. The average molecular weight is 483 g/mol. The molecule has 7 nitrogen and oxygen atoms in total. The van der Waals surface area contributed by atoms with Gasteiger partial charge in [-0.05, 0) is 50.2 Å². The zero-order valence-corrected chi connectivity index (χ0v) is 19.7. The molecular formula is C24H23ClN4O3S. The number of hydrogen-bond donors (Lipinski definition) is 0. The number of likely N-dealkylation sites (tertiary alicyclic amines) is 1. The lowest BCUT2D eigenvalue weighted by molar-refractivity contribution is 0.230. The highest BCUT2D eigenvalue weighted by atomic mass is 35.5. The maximum atomic E-state index is 13.2. The number of ether oxygens (including phenoxy) is 2. The molecule has 0 bridgehead atoms. The minimum absolute atomic E-state index is 0.178. The quantitative estimate of drug-likeness (QED) is 0.382. The van der Waals surface area contributed by atoms with E-state index in [0.29, 0.717) is 39.2 Å². The third-order valence-electron chi connectivity index (χ3n) is 5.70. The highest BCUT2D eigenvalue weighted by Crippen LogP contribution is 2.31. The topological polar surface area (TPSA) is 69.5 Å². The van der Waals surface area contributed by atoms with Crippen molar-refractivity contribution < 1.29 is 9.47 Å². The van der Waals surface area contributed by atoms with Crippen molar-refractivity contribution in [2.45, 2.75) is 12.8 Å². The van der Waals surface area contributed by atoms with Crippen molar-refractivity contribution >= 4 is 33.3 Å². The first-order valence-corrected chi connectivity index (χ1v) is 12.0. The van der Waals surface area contributed by atoms with E-state index in [1.165, 1.54) is 35.1 Å². The number of aromatic nitrogens is 3. The van der Waals surface area contributed by atoms with Crippen LogP contribution in [-0.2, 0) is 0 Å². The van der Waals surface area contributed by atoms with Crippen LogP contribution in [0.1, 0.15) is 12.8 Å². The molecule has 1 fully saturated rings. The van der Waals surface area contributed by atoms with Crippen LogP contribution in [0.3, 0.4) is 0 Å².